The minimum Gasteiger partial charge on any atom is -0.467 e. The Labute approximate surface area is 259 Å². The molecule has 42 heavy (non-hydrogen) atoms. The highest BCUT2D eigenvalue weighted by Gasteiger charge is 2.27. The number of carbonyl (C=O) groups is 1. The van der Waals surface area contributed by atoms with E-state index in [0.717, 1.165) is 42.7 Å². The predicted molar refractivity (Wildman–Crippen MR) is 173 cm³/mol. The zero-order chi connectivity index (χ0) is 31.1. The summed E-state index contributed by atoms with van der Waals surface area (Å²) in [4.78, 5) is 30.7. The van der Waals surface area contributed by atoms with Crippen LogP contribution in [0.15, 0.2) is 58.5 Å². The van der Waals surface area contributed by atoms with Crippen LogP contribution in [0.4, 0.5) is 5.82 Å². The number of hydrogen-bond acceptors (Lipinski definition) is 8. The number of nitrogens with one attached hydrogen (secondary N) is 1. The van der Waals surface area contributed by atoms with Gasteiger partial charge in [0, 0.05) is 34.8 Å². The number of nitrogens with two attached hydrogens (primary N) is 1. The maximum Gasteiger partial charge on any atom is 0.318 e. The summed E-state index contributed by atoms with van der Waals surface area (Å²) >= 11 is 12.2. The first-order valence-corrected chi connectivity index (χ1v) is 14.5. The number of halogens is 2. The summed E-state index contributed by atoms with van der Waals surface area (Å²) in [6.45, 7) is 8.86. The molecule has 9 nitrogen and oxygen atoms in total. The molecule has 0 aliphatic carbocycles. The van der Waals surface area contributed by atoms with Crippen molar-refractivity contribution in [1.29, 1.82) is 0 Å². The van der Waals surface area contributed by atoms with Crippen molar-refractivity contribution in [3.05, 3.63) is 69.7 Å². The van der Waals surface area contributed by atoms with Gasteiger partial charge in [-0.2, -0.15) is 9.97 Å². The van der Waals surface area contributed by atoms with Gasteiger partial charge in [0.1, 0.15) is 5.82 Å². The highest BCUT2D eigenvalue weighted by atomic mass is 35.5. The SMILES string of the molecule is CCN=C=NCCCN(C)C.COc1nc(NCCc2ccc(Cl)cc2Cl)cc(-c2cccc(C(C)(C)C(N)=O)c2)n1. The Kier molecular flexibility index (Phi) is 14.4. The summed E-state index contributed by atoms with van der Waals surface area (Å²) in [5, 5.41) is 4.52. The first kappa shape index (κ1) is 34.7. The molecule has 1 amide bonds. The third kappa shape index (κ3) is 11.4. The molecule has 0 bridgehead atoms. The lowest BCUT2D eigenvalue weighted by Gasteiger charge is -2.21. The monoisotopic (exact) mass is 613 g/mol. The van der Waals surface area contributed by atoms with Crippen molar-refractivity contribution in [3.63, 3.8) is 0 Å². The lowest BCUT2D eigenvalue weighted by atomic mass is 9.83. The van der Waals surface area contributed by atoms with E-state index in [1.165, 1.54) is 7.11 Å². The van der Waals surface area contributed by atoms with Crippen LogP contribution in [0.25, 0.3) is 11.3 Å². The van der Waals surface area contributed by atoms with Gasteiger partial charge in [0.15, 0.2) is 0 Å². The van der Waals surface area contributed by atoms with Crippen molar-refractivity contribution in [1.82, 2.24) is 14.9 Å². The third-order valence-electron chi connectivity index (χ3n) is 6.27. The number of amides is 1. The number of rotatable bonds is 13. The van der Waals surface area contributed by atoms with Crippen LogP contribution < -0.4 is 15.8 Å². The van der Waals surface area contributed by atoms with Crippen molar-refractivity contribution >= 4 is 40.9 Å². The maximum absolute atomic E-state index is 11.9. The van der Waals surface area contributed by atoms with Crippen LogP contribution in [0.2, 0.25) is 10.0 Å². The number of aliphatic imine (C=N–C) groups is 2. The molecule has 11 heteroatoms. The largest absolute Gasteiger partial charge is 0.467 e. The molecule has 0 saturated carbocycles. The van der Waals surface area contributed by atoms with Crippen LogP contribution >= 0.6 is 23.2 Å². The second-order valence-corrected chi connectivity index (χ2v) is 11.1. The number of anilines is 1. The summed E-state index contributed by atoms with van der Waals surface area (Å²) in [6, 6.07) is 17.7. The average molecular weight is 615 g/mol. The van der Waals surface area contributed by atoms with Crippen molar-refractivity contribution in [2.45, 2.75) is 39.0 Å². The van der Waals surface area contributed by atoms with E-state index in [2.05, 4.69) is 50.3 Å². The normalized spacial score (nSPS) is 10.8. The molecule has 1 aromatic heterocycles. The lowest BCUT2D eigenvalue weighted by molar-refractivity contribution is -0.122. The van der Waals surface area contributed by atoms with Gasteiger partial charge in [-0.1, -0.05) is 47.5 Å². The van der Waals surface area contributed by atoms with Crippen molar-refractivity contribution < 1.29 is 9.53 Å². The van der Waals surface area contributed by atoms with Gasteiger partial charge in [-0.05, 0) is 83.6 Å². The fraction of sp³-hybridized carbons (Fsp3) is 0.419. The van der Waals surface area contributed by atoms with E-state index < -0.39 is 11.3 Å². The topological polar surface area (TPSA) is 118 Å². The van der Waals surface area contributed by atoms with E-state index in [-0.39, 0.29) is 6.01 Å². The van der Waals surface area contributed by atoms with Crippen LogP contribution in [0.3, 0.4) is 0 Å². The number of methoxy groups -OCH3 is 1. The number of benzene rings is 2. The zero-order valence-electron chi connectivity index (χ0n) is 25.2. The number of primary amides is 1. The van der Waals surface area contributed by atoms with Gasteiger partial charge in [0.25, 0.3) is 0 Å². The summed E-state index contributed by atoms with van der Waals surface area (Å²) < 4.78 is 5.28. The number of hydrogen-bond donors (Lipinski definition) is 2. The highest BCUT2D eigenvalue weighted by molar-refractivity contribution is 6.35. The minimum atomic E-state index is -0.800. The molecule has 0 radical (unpaired) electrons. The second kappa shape index (κ2) is 17.5. The van der Waals surface area contributed by atoms with Gasteiger partial charge in [0.2, 0.25) is 5.91 Å². The number of carbonyl (C=O) groups excluding carboxylic acids is 1. The molecule has 0 saturated heterocycles. The van der Waals surface area contributed by atoms with Gasteiger partial charge < -0.3 is 20.7 Å². The predicted octanol–water partition coefficient (Wildman–Crippen LogP) is 6.01. The van der Waals surface area contributed by atoms with Gasteiger partial charge >= 0.3 is 6.01 Å². The number of ether oxygens (including phenoxy) is 1. The molecule has 3 aromatic rings. The van der Waals surface area contributed by atoms with Crippen molar-refractivity contribution in [2.75, 3.05) is 52.7 Å². The molecule has 3 N–H and O–H groups in total. The molecular formula is C31H41Cl2N7O2. The molecular weight excluding hydrogens is 573 g/mol. The highest BCUT2D eigenvalue weighted by Crippen LogP contribution is 2.29. The van der Waals surface area contributed by atoms with E-state index in [9.17, 15) is 4.79 Å². The first-order chi connectivity index (χ1) is 20.0. The minimum absolute atomic E-state index is 0.240. The summed E-state index contributed by atoms with van der Waals surface area (Å²) in [6.07, 6.45) is 1.78. The smallest absolute Gasteiger partial charge is 0.318 e. The number of nitrogens with zero attached hydrogens (tertiary/aromatic N) is 5. The molecule has 2 aromatic carbocycles. The Hall–Kier alpha value is -3.49. The van der Waals surface area contributed by atoms with Crippen LogP contribution in [-0.4, -0.2) is 74.2 Å². The Morgan fingerprint density at radius 1 is 1.12 bits per heavy atom. The number of aromatic nitrogens is 2. The van der Waals surface area contributed by atoms with E-state index in [1.54, 1.807) is 19.9 Å². The van der Waals surface area contributed by atoms with E-state index >= 15 is 0 Å². The molecule has 0 unspecified atom stereocenters. The van der Waals surface area contributed by atoms with Crippen LogP contribution in [0.1, 0.15) is 38.3 Å². The molecule has 0 fully saturated rings. The van der Waals surface area contributed by atoms with Crippen molar-refractivity contribution in [3.8, 4) is 17.3 Å². The van der Waals surface area contributed by atoms with E-state index in [1.807, 2.05) is 49.4 Å². The van der Waals surface area contributed by atoms with Gasteiger partial charge in [-0.15, -0.1) is 0 Å². The lowest BCUT2D eigenvalue weighted by Crippen LogP contribution is -2.35. The fourth-order valence-electron chi connectivity index (χ4n) is 3.65. The summed E-state index contributed by atoms with van der Waals surface area (Å²) in [5.74, 6) is 0.222. The quantitative estimate of drug-likeness (QED) is 0.180. The second-order valence-electron chi connectivity index (χ2n) is 10.2. The molecule has 0 aliphatic heterocycles. The Balaban J connectivity index is 0.000000476. The van der Waals surface area contributed by atoms with Crippen LogP contribution in [0.5, 0.6) is 6.01 Å². The van der Waals surface area contributed by atoms with Crippen LogP contribution in [-0.2, 0) is 16.6 Å². The fourth-order valence-corrected chi connectivity index (χ4v) is 4.15. The summed E-state index contributed by atoms with van der Waals surface area (Å²) in [5.41, 5.74) is 8.06. The zero-order valence-corrected chi connectivity index (χ0v) is 26.8. The standard InChI is InChI=1S/C23H24Cl2N4O2.C8H17N3/c1-23(2,21(26)30)16-6-4-5-15(11-16)19-13-20(29-22(28-19)31-3)27-10-9-14-7-8-17(24)12-18(14)25;1-4-9-8-10-6-5-7-11(2)3/h4-8,11-13H,9-10H2,1-3H3,(H2,26,30)(H,27,28,29);4-7H2,1-3H3. The third-order valence-corrected chi connectivity index (χ3v) is 6.86. The Morgan fingerprint density at radius 3 is 2.52 bits per heavy atom. The van der Waals surface area contributed by atoms with Crippen LogP contribution in [0, 0.1) is 0 Å². The molecule has 0 atom stereocenters. The molecule has 3 rings (SSSR count). The first-order valence-electron chi connectivity index (χ1n) is 13.7. The average Bonchev–Trinajstić information content (AvgIpc) is 2.96. The molecule has 0 spiro atoms. The maximum atomic E-state index is 11.9. The Morgan fingerprint density at radius 2 is 1.88 bits per heavy atom. The van der Waals surface area contributed by atoms with E-state index in [0.29, 0.717) is 34.5 Å². The molecule has 226 valence electrons. The van der Waals surface area contributed by atoms with Crippen molar-refractivity contribution in [2.24, 2.45) is 15.7 Å². The Bertz CT molecular complexity index is 1370. The molecule has 1 heterocycles. The van der Waals surface area contributed by atoms with Gasteiger partial charge in [0.05, 0.1) is 30.8 Å². The van der Waals surface area contributed by atoms with Gasteiger partial charge in [-0.3, -0.25) is 4.79 Å². The molecule has 0 aliphatic rings. The van der Waals surface area contributed by atoms with E-state index in [4.69, 9.17) is 33.7 Å². The summed E-state index contributed by atoms with van der Waals surface area (Å²) in [7, 11) is 5.64. The van der Waals surface area contributed by atoms with Gasteiger partial charge in [-0.25, -0.2) is 9.98 Å².